The number of aromatic nitrogens is 1. The molecule has 1 N–H and O–H groups in total. The number of allylic oxidation sites excluding steroid dienone is 3. The van der Waals surface area contributed by atoms with Gasteiger partial charge in [-0.25, -0.2) is 9.98 Å². The van der Waals surface area contributed by atoms with Gasteiger partial charge in [-0.05, 0) is 32.9 Å². The van der Waals surface area contributed by atoms with E-state index < -0.39 is 0 Å². The third kappa shape index (κ3) is 2.69. The Bertz CT molecular complexity index is 796. The molecule has 0 radical (unpaired) electrons. The zero-order valence-corrected chi connectivity index (χ0v) is 13.3. The Morgan fingerprint density at radius 3 is 2.77 bits per heavy atom. The van der Waals surface area contributed by atoms with Gasteiger partial charge in [-0.2, -0.15) is 0 Å². The lowest BCUT2D eigenvalue weighted by Gasteiger charge is -2.25. The van der Waals surface area contributed by atoms with E-state index in [1.54, 1.807) is 19.1 Å². The number of hydrogen-bond acceptors (Lipinski definition) is 4. The number of rotatable bonds is 1. The fourth-order valence-electron chi connectivity index (χ4n) is 2.55. The van der Waals surface area contributed by atoms with Crippen LogP contribution < -0.4 is 5.32 Å². The number of thiazole rings is 1. The molecule has 6 heteroatoms. The zero-order chi connectivity index (χ0) is 15.9. The number of amides is 2. The van der Waals surface area contributed by atoms with E-state index in [2.05, 4.69) is 15.3 Å². The molecule has 0 aromatic carbocycles. The van der Waals surface area contributed by atoms with Gasteiger partial charge in [0.05, 0.1) is 16.4 Å². The summed E-state index contributed by atoms with van der Waals surface area (Å²) < 4.78 is 0. The zero-order valence-electron chi connectivity index (χ0n) is 12.5. The van der Waals surface area contributed by atoms with Crippen LogP contribution >= 0.6 is 11.3 Å². The number of aliphatic imine (C=N–C) groups is 1. The van der Waals surface area contributed by atoms with E-state index in [9.17, 15) is 9.59 Å². The van der Waals surface area contributed by atoms with Crippen LogP contribution in [0.3, 0.4) is 0 Å². The van der Waals surface area contributed by atoms with Gasteiger partial charge in [0.25, 0.3) is 5.91 Å². The third-order valence-corrected chi connectivity index (χ3v) is 4.60. The van der Waals surface area contributed by atoms with E-state index in [0.29, 0.717) is 16.3 Å². The normalized spacial score (nSPS) is 22.0. The van der Waals surface area contributed by atoms with Gasteiger partial charge in [0.15, 0.2) is 0 Å². The Morgan fingerprint density at radius 2 is 2.09 bits per heavy atom. The molecule has 2 aliphatic rings. The average molecular weight is 313 g/mol. The molecule has 0 bridgehead atoms. The Balaban J connectivity index is 1.90. The van der Waals surface area contributed by atoms with E-state index in [1.165, 1.54) is 11.3 Å². The number of nitrogens with one attached hydrogen (secondary N) is 1. The summed E-state index contributed by atoms with van der Waals surface area (Å²) in [7, 11) is 0. The van der Waals surface area contributed by atoms with Crippen LogP contribution in [0, 0.1) is 19.8 Å². The fourth-order valence-corrected chi connectivity index (χ4v) is 3.35. The molecule has 22 heavy (non-hydrogen) atoms. The summed E-state index contributed by atoms with van der Waals surface area (Å²) in [6, 6.07) is 0. The predicted molar refractivity (Wildman–Crippen MR) is 86.0 cm³/mol. The van der Waals surface area contributed by atoms with Crippen LogP contribution in [-0.2, 0) is 4.79 Å². The molecule has 0 saturated heterocycles. The molecule has 1 aromatic rings. The van der Waals surface area contributed by atoms with Crippen molar-refractivity contribution in [2.75, 3.05) is 0 Å². The smallest absolute Gasteiger partial charge is 0.289 e. The van der Waals surface area contributed by atoms with Crippen molar-refractivity contribution in [1.29, 1.82) is 0 Å². The van der Waals surface area contributed by atoms with Crippen LogP contribution in [0.5, 0.6) is 0 Å². The Morgan fingerprint density at radius 1 is 1.32 bits per heavy atom. The lowest BCUT2D eigenvalue weighted by molar-refractivity contribution is -0.116. The first-order chi connectivity index (χ1) is 10.4. The number of carbonyl (C=O) groups is 2. The number of carbonyl (C=O) groups excluding carboxylic acids is 2. The summed E-state index contributed by atoms with van der Waals surface area (Å²) in [6.45, 7) is 5.58. The summed E-state index contributed by atoms with van der Waals surface area (Å²) in [4.78, 5) is 32.8. The van der Waals surface area contributed by atoms with Crippen LogP contribution in [0.4, 0.5) is 0 Å². The summed E-state index contributed by atoms with van der Waals surface area (Å²) >= 11 is 1.34. The number of nitrogens with zero attached hydrogens (tertiary/aromatic N) is 2. The molecular weight excluding hydrogens is 298 g/mol. The lowest BCUT2D eigenvalue weighted by atomic mass is 9.89. The molecule has 0 fully saturated rings. The molecule has 5 nitrogen and oxygen atoms in total. The quantitative estimate of drug-likeness (QED) is 0.866. The first kappa shape index (κ1) is 14.6. The van der Waals surface area contributed by atoms with Crippen LogP contribution in [0.2, 0.25) is 0 Å². The highest BCUT2D eigenvalue weighted by atomic mass is 32.1. The minimum Gasteiger partial charge on any atom is -0.325 e. The van der Waals surface area contributed by atoms with Gasteiger partial charge in [0.1, 0.15) is 4.88 Å². The van der Waals surface area contributed by atoms with E-state index in [4.69, 9.17) is 0 Å². The Labute approximate surface area is 132 Å². The topological polar surface area (TPSA) is 71.4 Å². The standard InChI is InChI=1S/C16H15N3O2S/c1-8-6-14(20)19-13-7-11(4-5-12(8)13)18-16(21)15-9(2)17-10(3)22-15/h4-7,12H,1-3H3,(H,19,20). The number of fused-ring (bicyclic) bond motifs is 1. The highest BCUT2D eigenvalue weighted by Crippen LogP contribution is 2.26. The maximum Gasteiger partial charge on any atom is 0.289 e. The highest BCUT2D eigenvalue weighted by molar-refractivity contribution is 7.13. The van der Waals surface area contributed by atoms with Gasteiger partial charge in [-0.15, -0.1) is 11.3 Å². The summed E-state index contributed by atoms with van der Waals surface area (Å²) in [6.07, 6.45) is 7.09. The van der Waals surface area contributed by atoms with E-state index in [0.717, 1.165) is 16.3 Å². The van der Waals surface area contributed by atoms with E-state index >= 15 is 0 Å². The van der Waals surface area contributed by atoms with Gasteiger partial charge in [0.2, 0.25) is 5.91 Å². The molecule has 112 valence electrons. The largest absolute Gasteiger partial charge is 0.325 e. The number of hydrogen-bond donors (Lipinski definition) is 1. The molecule has 0 spiro atoms. The fraction of sp³-hybridized carbons (Fsp3) is 0.250. The lowest BCUT2D eigenvalue weighted by Crippen LogP contribution is -2.32. The number of aryl methyl sites for hydroxylation is 2. The van der Waals surface area contributed by atoms with Gasteiger partial charge in [0, 0.05) is 17.7 Å². The molecular formula is C16H15N3O2S. The first-order valence-electron chi connectivity index (χ1n) is 6.90. The van der Waals surface area contributed by atoms with Crippen molar-refractivity contribution >= 4 is 28.9 Å². The van der Waals surface area contributed by atoms with E-state index in [1.807, 2.05) is 26.0 Å². The molecule has 2 heterocycles. The van der Waals surface area contributed by atoms with Crippen molar-refractivity contribution in [2.24, 2.45) is 10.9 Å². The second-order valence-corrected chi connectivity index (χ2v) is 6.51. The van der Waals surface area contributed by atoms with Gasteiger partial charge >= 0.3 is 0 Å². The third-order valence-electron chi connectivity index (χ3n) is 3.54. The van der Waals surface area contributed by atoms with Crippen LogP contribution in [0.25, 0.3) is 0 Å². The van der Waals surface area contributed by atoms with Crippen molar-refractivity contribution in [3.8, 4) is 0 Å². The molecule has 3 rings (SSSR count). The maximum atomic E-state index is 12.3. The Hall–Kier alpha value is -2.34. The molecule has 1 aliphatic heterocycles. The van der Waals surface area contributed by atoms with Gasteiger partial charge in [-0.1, -0.05) is 11.6 Å². The Kier molecular flexibility index (Phi) is 3.62. The predicted octanol–water partition coefficient (Wildman–Crippen LogP) is 2.49. The van der Waals surface area contributed by atoms with Crippen LogP contribution in [0.15, 0.2) is 40.6 Å². The van der Waals surface area contributed by atoms with Crippen molar-refractivity contribution in [3.05, 3.63) is 51.2 Å². The van der Waals surface area contributed by atoms with Gasteiger partial charge in [-0.3, -0.25) is 9.59 Å². The van der Waals surface area contributed by atoms with Crippen molar-refractivity contribution in [1.82, 2.24) is 10.3 Å². The maximum absolute atomic E-state index is 12.3. The molecule has 2 amide bonds. The molecule has 1 atom stereocenters. The van der Waals surface area contributed by atoms with Crippen molar-refractivity contribution < 1.29 is 9.59 Å². The summed E-state index contributed by atoms with van der Waals surface area (Å²) in [5.41, 5.74) is 2.98. The second kappa shape index (κ2) is 5.46. The van der Waals surface area contributed by atoms with E-state index in [-0.39, 0.29) is 17.7 Å². The second-order valence-electron chi connectivity index (χ2n) is 5.30. The first-order valence-corrected chi connectivity index (χ1v) is 7.71. The van der Waals surface area contributed by atoms with Gasteiger partial charge < -0.3 is 5.32 Å². The highest BCUT2D eigenvalue weighted by Gasteiger charge is 2.24. The molecule has 1 aromatic heterocycles. The SMILES string of the molecule is CC1=CC(=O)NC2=CC(=NC(=O)c3sc(C)nc3C)C=CC12. The van der Waals surface area contributed by atoms with Crippen molar-refractivity contribution in [3.63, 3.8) is 0 Å². The van der Waals surface area contributed by atoms with Crippen LogP contribution in [-0.4, -0.2) is 22.5 Å². The summed E-state index contributed by atoms with van der Waals surface area (Å²) in [5, 5.41) is 3.65. The molecule has 0 saturated carbocycles. The minimum absolute atomic E-state index is 0.0548. The molecule has 1 aliphatic carbocycles. The van der Waals surface area contributed by atoms with Crippen molar-refractivity contribution in [2.45, 2.75) is 20.8 Å². The van der Waals surface area contributed by atoms with Crippen LogP contribution in [0.1, 0.15) is 27.3 Å². The summed E-state index contributed by atoms with van der Waals surface area (Å²) in [5.74, 6) is -0.388. The minimum atomic E-state index is -0.299. The average Bonchev–Trinajstić information content (AvgIpc) is 2.77. The monoisotopic (exact) mass is 313 g/mol. The molecule has 1 unspecified atom stereocenters.